The molecule has 1 aromatic rings. The molecule has 1 atom stereocenters. The second-order valence-corrected chi connectivity index (χ2v) is 5.58. The summed E-state index contributed by atoms with van der Waals surface area (Å²) in [4.78, 5) is 13.9. The minimum atomic E-state index is 0.127. The fraction of sp³-hybridized carbons (Fsp3) is 0.533. The Morgan fingerprint density at radius 1 is 1.55 bits per heavy atom. The van der Waals surface area contributed by atoms with Crippen LogP contribution < -0.4 is 4.74 Å². The molecule has 0 radical (unpaired) electrons. The maximum absolute atomic E-state index is 12.2. The summed E-state index contributed by atoms with van der Waals surface area (Å²) in [6.45, 7) is 1.96. The van der Waals surface area contributed by atoms with E-state index in [2.05, 4.69) is 0 Å². The van der Waals surface area contributed by atoms with Crippen molar-refractivity contribution < 1.29 is 14.3 Å². The number of methoxy groups -OCH3 is 1. The summed E-state index contributed by atoms with van der Waals surface area (Å²) in [5.41, 5.74) is 0.915. The van der Waals surface area contributed by atoms with Crippen LogP contribution in [0, 0.1) is 5.92 Å². The zero-order chi connectivity index (χ0) is 14.5. The molecule has 1 heterocycles. The van der Waals surface area contributed by atoms with Crippen molar-refractivity contribution in [3.8, 4) is 5.75 Å². The van der Waals surface area contributed by atoms with Gasteiger partial charge in [-0.3, -0.25) is 4.79 Å². The van der Waals surface area contributed by atoms with Gasteiger partial charge in [0, 0.05) is 43.8 Å². The van der Waals surface area contributed by atoms with Crippen molar-refractivity contribution in [3.05, 3.63) is 28.8 Å². The second-order valence-electron chi connectivity index (χ2n) is 5.14. The van der Waals surface area contributed by atoms with E-state index in [9.17, 15) is 4.79 Å². The monoisotopic (exact) mass is 297 g/mol. The highest BCUT2D eigenvalue weighted by molar-refractivity contribution is 6.30. The van der Waals surface area contributed by atoms with Gasteiger partial charge >= 0.3 is 0 Å². The summed E-state index contributed by atoms with van der Waals surface area (Å²) in [5.74, 6) is 1.23. The first kappa shape index (κ1) is 15.1. The number of nitrogens with zero attached hydrogens (tertiary/aromatic N) is 1. The van der Waals surface area contributed by atoms with Crippen molar-refractivity contribution >= 4 is 17.5 Å². The molecular weight excluding hydrogens is 278 g/mol. The second kappa shape index (κ2) is 6.95. The Morgan fingerprint density at radius 2 is 2.35 bits per heavy atom. The molecule has 2 rings (SSSR count). The molecule has 0 saturated carbocycles. The van der Waals surface area contributed by atoms with Gasteiger partial charge in [0.05, 0.1) is 7.11 Å². The quantitative estimate of drug-likeness (QED) is 0.839. The summed E-state index contributed by atoms with van der Waals surface area (Å²) in [6, 6.07) is 5.44. The van der Waals surface area contributed by atoms with Crippen LogP contribution in [0.25, 0.3) is 0 Å². The van der Waals surface area contributed by atoms with Gasteiger partial charge in [-0.1, -0.05) is 11.6 Å². The lowest BCUT2D eigenvalue weighted by Gasteiger charge is -2.20. The molecule has 0 aliphatic carbocycles. The molecule has 4 nitrogen and oxygen atoms in total. The van der Waals surface area contributed by atoms with Gasteiger partial charge in [-0.25, -0.2) is 0 Å². The van der Waals surface area contributed by atoms with Gasteiger partial charge in [-0.2, -0.15) is 0 Å². The Balaban J connectivity index is 1.97. The molecular formula is C15H20ClNO3. The SMILES string of the molecule is COc1ccc(Cl)cc1CN(C)C(=O)C[C@H]1CCOC1. The molecule has 1 saturated heterocycles. The molecule has 1 fully saturated rings. The number of carbonyl (C=O) groups is 1. The van der Waals surface area contributed by atoms with Crippen molar-refractivity contribution in [2.45, 2.75) is 19.4 Å². The van der Waals surface area contributed by atoms with Gasteiger partial charge in [-0.05, 0) is 30.5 Å². The largest absolute Gasteiger partial charge is 0.496 e. The van der Waals surface area contributed by atoms with Crippen molar-refractivity contribution in [1.82, 2.24) is 4.90 Å². The fourth-order valence-electron chi connectivity index (χ4n) is 2.36. The van der Waals surface area contributed by atoms with Crippen molar-refractivity contribution in [2.24, 2.45) is 5.92 Å². The number of benzene rings is 1. The highest BCUT2D eigenvalue weighted by Crippen LogP contribution is 2.24. The lowest BCUT2D eigenvalue weighted by atomic mass is 10.0. The smallest absolute Gasteiger partial charge is 0.222 e. The number of carbonyl (C=O) groups excluding carboxylic acids is 1. The van der Waals surface area contributed by atoms with Crippen LogP contribution >= 0.6 is 11.6 Å². The fourth-order valence-corrected chi connectivity index (χ4v) is 2.56. The zero-order valence-corrected chi connectivity index (χ0v) is 12.7. The van der Waals surface area contributed by atoms with Gasteiger partial charge < -0.3 is 14.4 Å². The Bertz CT molecular complexity index is 472. The van der Waals surface area contributed by atoms with Crippen molar-refractivity contribution in [1.29, 1.82) is 0 Å². The first-order chi connectivity index (χ1) is 9.60. The third-order valence-corrected chi connectivity index (χ3v) is 3.80. The van der Waals surface area contributed by atoms with Gasteiger partial charge in [0.1, 0.15) is 5.75 Å². The van der Waals surface area contributed by atoms with Crippen molar-refractivity contribution in [3.63, 3.8) is 0 Å². The molecule has 1 aromatic carbocycles. The average molecular weight is 298 g/mol. The predicted molar refractivity (Wildman–Crippen MR) is 78.0 cm³/mol. The zero-order valence-electron chi connectivity index (χ0n) is 11.9. The minimum Gasteiger partial charge on any atom is -0.496 e. The highest BCUT2D eigenvalue weighted by Gasteiger charge is 2.21. The summed E-state index contributed by atoms with van der Waals surface area (Å²) in [5, 5.41) is 0.644. The molecule has 5 heteroatoms. The molecule has 0 bridgehead atoms. The number of ether oxygens (including phenoxy) is 2. The number of rotatable bonds is 5. The van der Waals surface area contributed by atoms with Gasteiger partial charge in [0.15, 0.2) is 0 Å². The van der Waals surface area contributed by atoms with Crippen LogP contribution in [0.4, 0.5) is 0 Å². The van der Waals surface area contributed by atoms with E-state index in [4.69, 9.17) is 21.1 Å². The van der Waals surface area contributed by atoms with Crippen molar-refractivity contribution in [2.75, 3.05) is 27.4 Å². The normalized spacial score (nSPS) is 18.1. The Morgan fingerprint density at radius 3 is 3.00 bits per heavy atom. The lowest BCUT2D eigenvalue weighted by molar-refractivity contribution is -0.131. The van der Waals surface area contributed by atoms with Gasteiger partial charge in [0.25, 0.3) is 0 Å². The molecule has 0 spiro atoms. The molecule has 20 heavy (non-hydrogen) atoms. The Kier molecular flexibility index (Phi) is 5.26. The molecule has 1 aliphatic heterocycles. The van der Waals surface area contributed by atoms with Crippen LogP contribution in [0.15, 0.2) is 18.2 Å². The van der Waals surface area contributed by atoms with Gasteiger partial charge in [-0.15, -0.1) is 0 Å². The third kappa shape index (κ3) is 3.87. The highest BCUT2D eigenvalue weighted by atomic mass is 35.5. The first-order valence-electron chi connectivity index (χ1n) is 6.74. The van der Waals surface area contributed by atoms with Crippen LogP contribution in [0.1, 0.15) is 18.4 Å². The van der Waals surface area contributed by atoms with Crippen LogP contribution in [-0.2, 0) is 16.1 Å². The number of hydrogen-bond acceptors (Lipinski definition) is 3. The molecule has 0 N–H and O–H groups in total. The van der Waals surface area contributed by atoms with E-state index < -0.39 is 0 Å². The first-order valence-corrected chi connectivity index (χ1v) is 7.12. The number of amides is 1. The van der Waals surface area contributed by atoms with Crippen LogP contribution in [0.5, 0.6) is 5.75 Å². The Labute approximate surface area is 124 Å². The van der Waals surface area contributed by atoms with Gasteiger partial charge in [0.2, 0.25) is 5.91 Å². The molecule has 0 unspecified atom stereocenters. The number of halogens is 1. The van der Waals surface area contributed by atoms with E-state index in [1.165, 1.54) is 0 Å². The maximum Gasteiger partial charge on any atom is 0.222 e. The standard InChI is InChI=1S/C15H20ClNO3/c1-17(15(18)7-11-5-6-20-10-11)9-12-8-13(16)3-4-14(12)19-2/h3-4,8,11H,5-7,9-10H2,1-2H3/t11-/m1/s1. The predicted octanol–water partition coefficient (Wildman–Crippen LogP) is 2.73. The molecule has 0 aromatic heterocycles. The molecule has 110 valence electrons. The van der Waals surface area contributed by atoms with E-state index in [1.54, 1.807) is 25.1 Å². The molecule has 1 amide bonds. The molecule has 1 aliphatic rings. The summed E-state index contributed by atoms with van der Waals surface area (Å²) in [6.07, 6.45) is 1.51. The third-order valence-electron chi connectivity index (χ3n) is 3.56. The summed E-state index contributed by atoms with van der Waals surface area (Å²) >= 11 is 6.00. The minimum absolute atomic E-state index is 0.127. The van der Waals surface area contributed by atoms with E-state index in [1.807, 2.05) is 12.1 Å². The number of hydrogen-bond donors (Lipinski definition) is 0. The maximum atomic E-state index is 12.2. The lowest BCUT2D eigenvalue weighted by Crippen LogP contribution is -2.28. The van der Waals surface area contributed by atoms with Crippen LogP contribution in [-0.4, -0.2) is 38.2 Å². The summed E-state index contributed by atoms with van der Waals surface area (Å²) in [7, 11) is 3.42. The Hall–Kier alpha value is -1.26. The van der Waals surface area contributed by atoms with E-state index in [-0.39, 0.29) is 5.91 Å². The van der Waals surface area contributed by atoms with Crippen LogP contribution in [0.3, 0.4) is 0 Å². The van der Waals surface area contributed by atoms with Crippen LogP contribution in [0.2, 0.25) is 5.02 Å². The topological polar surface area (TPSA) is 38.8 Å². The van der Waals surface area contributed by atoms with E-state index in [0.29, 0.717) is 30.5 Å². The van der Waals surface area contributed by atoms with E-state index >= 15 is 0 Å². The average Bonchev–Trinajstić information content (AvgIpc) is 2.91. The summed E-state index contributed by atoms with van der Waals surface area (Å²) < 4.78 is 10.6. The van der Waals surface area contributed by atoms with E-state index in [0.717, 1.165) is 24.3 Å².